The van der Waals surface area contributed by atoms with Gasteiger partial charge in [0.2, 0.25) is 5.91 Å². The summed E-state index contributed by atoms with van der Waals surface area (Å²) in [5.41, 5.74) is 1.94. The fraction of sp³-hybridized carbons (Fsp3) is 0.438. The van der Waals surface area contributed by atoms with Gasteiger partial charge in [0.1, 0.15) is 5.01 Å². The third-order valence-corrected chi connectivity index (χ3v) is 5.27. The van der Waals surface area contributed by atoms with Gasteiger partial charge >= 0.3 is 0 Å². The lowest BCUT2D eigenvalue weighted by Crippen LogP contribution is -2.59. The summed E-state index contributed by atoms with van der Waals surface area (Å²) in [5.74, 6) is 0.162. The van der Waals surface area contributed by atoms with Crippen molar-refractivity contribution in [1.29, 1.82) is 0 Å². The molecule has 0 bridgehead atoms. The molecule has 2 aliphatic rings. The monoisotopic (exact) mass is 315 g/mol. The summed E-state index contributed by atoms with van der Waals surface area (Å²) in [5, 5.41) is 2.82. The molecule has 2 fully saturated rings. The van der Waals surface area contributed by atoms with Gasteiger partial charge < -0.3 is 9.64 Å². The van der Waals surface area contributed by atoms with Gasteiger partial charge in [-0.2, -0.15) is 0 Å². The number of hydrogen-bond donors (Lipinski definition) is 0. The van der Waals surface area contributed by atoms with Gasteiger partial charge in [-0.1, -0.05) is 6.07 Å². The fourth-order valence-corrected chi connectivity index (χ4v) is 3.90. The van der Waals surface area contributed by atoms with Gasteiger partial charge in [0.05, 0.1) is 24.4 Å². The van der Waals surface area contributed by atoms with Crippen LogP contribution in [0.15, 0.2) is 29.8 Å². The highest BCUT2D eigenvalue weighted by Crippen LogP contribution is 2.38. The molecule has 4 rings (SSSR count). The van der Waals surface area contributed by atoms with Crippen LogP contribution in [0.25, 0.3) is 10.7 Å². The topological polar surface area (TPSA) is 55.3 Å². The average Bonchev–Trinajstić information content (AvgIpc) is 3.15. The average molecular weight is 315 g/mol. The van der Waals surface area contributed by atoms with Crippen LogP contribution in [-0.4, -0.2) is 47.1 Å². The number of hydrogen-bond acceptors (Lipinski definition) is 5. The highest BCUT2D eigenvalue weighted by molar-refractivity contribution is 7.13. The molecule has 5 nitrogen and oxygen atoms in total. The number of ether oxygens (including phenoxy) is 1. The van der Waals surface area contributed by atoms with E-state index in [1.807, 2.05) is 28.5 Å². The third-order valence-electron chi connectivity index (χ3n) is 4.36. The van der Waals surface area contributed by atoms with E-state index in [1.165, 1.54) is 11.3 Å². The maximum atomic E-state index is 12.3. The normalized spacial score (nSPS) is 19.4. The molecule has 2 aromatic heterocycles. The summed E-state index contributed by atoms with van der Waals surface area (Å²) in [6, 6.07) is 5.76. The standard InChI is InChI=1S/C16H17N3O2S/c20-14(19-9-16(10-19)4-6-21-11-16)7-12-8-22-15(18-12)13-3-1-2-5-17-13/h1-3,5,8H,4,6-7,9-11H2. The molecule has 0 N–H and O–H groups in total. The first-order chi connectivity index (χ1) is 10.7. The van der Waals surface area contributed by atoms with Gasteiger partial charge in [-0.25, -0.2) is 4.98 Å². The molecule has 4 heterocycles. The van der Waals surface area contributed by atoms with E-state index < -0.39 is 0 Å². The minimum absolute atomic E-state index is 0.162. The molecule has 0 atom stereocenters. The zero-order chi connectivity index (χ0) is 15.0. The predicted molar refractivity (Wildman–Crippen MR) is 83.5 cm³/mol. The number of carbonyl (C=O) groups is 1. The van der Waals surface area contributed by atoms with Gasteiger partial charge in [0.15, 0.2) is 0 Å². The van der Waals surface area contributed by atoms with E-state index >= 15 is 0 Å². The summed E-state index contributed by atoms with van der Waals surface area (Å²) >= 11 is 1.54. The van der Waals surface area contributed by atoms with Crippen LogP contribution in [0.2, 0.25) is 0 Å². The summed E-state index contributed by atoms with van der Waals surface area (Å²) < 4.78 is 5.45. The lowest BCUT2D eigenvalue weighted by atomic mass is 9.79. The van der Waals surface area contributed by atoms with E-state index in [0.717, 1.165) is 49.1 Å². The van der Waals surface area contributed by atoms with Crippen LogP contribution in [0.5, 0.6) is 0 Å². The van der Waals surface area contributed by atoms with Gasteiger partial charge in [0, 0.05) is 36.7 Å². The number of likely N-dealkylation sites (tertiary alicyclic amines) is 1. The smallest absolute Gasteiger partial charge is 0.228 e. The molecule has 2 saturated heterocycles. The summed E-state index contributed by atoms with van der Waals surface area (Å²) in [7, 11) is 0. The van der Waals surface area contributed by atoms with Gasteiger partial charge in [-0.05, 0) is 18.6 Å². The molecule has 0 unspecified atom stereocenters. The Kier molecular flexibility index (Phi) is 3.43. The molecule has 0 aromatic carbocycles. The quantitative estimate of drug-likeness (QED) is 0.869. The highest BCUT2D eigenvalue weighted by Gasteiger charge is 2.47. The van der Waals surface area contributed by atoms with Crippen molar-refractivity contribution in [3.8, 4) is 10.7 Å². The van der Waals surface area contributed by atoms with E-state index in [1.54, 1.807) is 6.20 Å². The van der Waals surface area contributed by atoms with Crippen molar-refractivity contribution in [3.63, 3.8) is 0 Å². The molecular weight excluding hydrogens is 298 g/mol. The zero-order valence-electron chi connectivity index (χ0n) is 12.2. The number of nitrogens with zero attached hydrogens (tertiary/aromatic N) is 3. The van der Waals surface area contributed by atoms with E-state index in [9.17, 15) is 4.79 Å². The molecule has 0 radical (unpaired) electrons. The molecular formula is C16H17N3O2S. The van der Waals surface area contributed by atoms with E-state index in [0.29, 0.717) is 6.42 Å². The number of thiazole rings is 1. The Morgan fingerprint density at radius 3 is 3.05 bits per heavy atom. The first-order valence-corrected chi connectivity index (χ1v) is 8.33. The lowest BCUT2D eigenvalue weighted by molar-refractivity contribution is -0.142. The summed E-state index contributed by atoms with van der Waals surface area (Å²) in [4.78, 5) is 23.1. The van der Waals surface area contributed by atoms with Crippen LogP contribution < -0.4 is 0 Å². The second kappa shape index (κ2) is 5.44. The molecule has 2 aliphatic heterocycles. The van der Waals surface area contributed by atoms with E-state index in [-0.39, 0.29) is 11.3 Å². The Morgan fingerprint density at radius 2 is 2.32 bits per heavy atom. The Balaban J connectivity index is 1.38. The minimum atomic E-state index is 0.162. The van der Waals surface area contributed by atoms with Crippen LogP contribution in [-0.2, 0) is 16.0 Å². The van der Waals surface area contributed by atoms with Crippen molar-refractivity contribution in [1.82, 2.24) is 14.9 Å². The largest absolute Gasteiger partial charge is 0.381 e. The second-order valence-electron chi connectivity index (χ2n) is 6.09. The van der Waals surface area contributed by atoms with E-state index in [4.69, 9.17) is 4.74 Å². The fourth-order valence-electron chi connectivity index (χ4n) is 3.10. The number of amides is 1. The second-order valence-corrected chi connectivity index (χ2v) is 6.95. The van der Waals surface area contributed by atoms with E-state index in [2.05, 4.69) is 9.97 Å². The lowest BCUT2D eigenvalue weighted by Gasteiger charge is -2.47. The van der Waals surface area contributed by atoms with Crippen LogP contribution in [0.4, 0.5) is 0 Å². The van der Waals surface area contributed by atoms with Crippen molar-refractivity contribution in [2.24, 2.45) is 5.41 Å². The maximum absolute atomic E-state index is 12.3. The van der Waals surface area contributed by atoms with Gasteiger partial charge in [-0.15, -0.1) is 11.3 Å². The SMILES string of the molecule is O=C(Cc1csc(-c2ccccn2)n1)N1CC2(CCOC2)C1. The van der Waals surface area contributed by atoms with Gasteiger partial charge in [-0.3, -0.25) is 9.78 Å². The highest BCUT2D eigenvalue weighted by atomic mass is 32.1. The van der Waals surface area contributed by atoms with Crippen molar-refractivity contribution in [3.05, 3.63) is 35.5 Å². The predicted octanol–water partition coefficient (Wildman–Crippen LogP) is 2.00. The number of pyridine rings is 1. The Labute approximate surface area is 133 Å². The van der Waals surface area contributed by atoms with Crippen molar-refractivity contribution in [2.45, 2.75) is 12.8 Å². The first kappa shape index (κ1) is 13.8. The third kappa shape index (κ3) is 2.53. The van der Waals surface area contributed by atoms with Crippen molar-refractivity contribution < 1.29 is 9.53 Å². The molecule has 114 valence electrons. The van der Waals surface area contributed by atoms with Crippen LogP contribution in [0, 0.1) is 5.41 Å². The number of rotatable bonds is 3. The van der Waals surface area contributed by atoms with Crippen molar-refractivity contribution >= 4 is 17.2 Å². The Bertz CT molecular complexity index is 672. The molecule has 22 heavy (non-hydrogen) atoms. The maximum Gasteiger partial charge on any atom is 0.228 e. The zero-order valence-corrected chi connectivity index (χ0v) is 13.0. The van der Waals surface area contributed by atoms with Crippen LogP contribution in [0.3, 0.4) is 0 Å². The summed E-state index contributed by atoms with van der Waals surface area (Å²) in [6.07, 6.45) is 3.21. The minimum Gasteiger partial charge on any atom is -0.381 e. The molecule has 1 spiro atoms. The van der Waals surface area contributed by atoms with Crippen LogP contribution >= 0.6 is 11.3 Å². The Hall–Kier alpha value is -1.79. The molecule has 0 aliphatic carbocycles. The summed E-state index contributed by atoms with van der Waals surface area (Å²) in [6.45, 7) is 3.31. The van der Waals surface area contributed by atoms with Crippen LogP contribution in [0.1, 0.15) is 12.1 Å². The van der Waals surface area contributed by atoms with Gasteiger partial charge in [0.25, 0.3) is 0 Å². The molecule has 6 heteroatoms. The first-order valence-electron chi connectivity index (χ1n) is 7.46. The molecule has 1 amide bonds. The Morgan fingerprint density at radius 1 is 1.41 bits per heavy atom. The molecule has 2 aromatic rings. The molecule has 0 saturated carbocycles. The number of aromatic nitrogens is 2. The number of carbonyl (C=O) groups excluding carboxylic acids is 1. The van der Waals surface area contributed by atoms with Crippen molar-refractivity contribution in [2.75, 3.05) is 26.3 Å².